The van der Waals surface area contributed by atoms with Crippen LogP contribution in [-0.4, -0.2) is 64.8 Å². The van der Waals surface area contributed by atoms with Gasteiger partial charge in [0.25, 0.3) is 5.56 Å². The number of fused-ring (bicyclic) bond motifs is 1. The molecule has 9 nitrogen and oxygen atoms in total. The molecular formula is C20H25N3O6S. The van der Waals surface area contributed by atoms with Crippen molar-refractivity contribution in [3.8, 4) is 0 Å². The molecule has 2 N–H and O–H groups in total. The topological polar surface area (TPSA) is 120 Å². The van der Waals surface area contributed by atoms with Crippen molar-refractivity contribution in [2.24, 2.45) is 0 Å². The Balaban J connectivity index is 1.83. The van der Waals surface area contributed by atoms with Crippen LogP contribution in [0.15, 0.2) is 28.2 Å². The molecule has 2 atom stereocenters. The quantitative estimate of drug-likeness (QED) is 0.357. The molecule has 1 aromatic carbocycles. The number of ether oxygens (including phenoxy) is 2. The van der Waals surface area contributed by atoms with Gasteiger partial charge in [-0.25, -0.2) is 9.78 Å². The largest absolute Gasteiger partial charge is 0.465 e. The minimum absolute atomic E-state index is 0.0421. The number of nitrogens with zero attached hydrogens (tertiary/aromatic N) is 2. The predicted octanol–water partition coefficient (Wildman–Crippen LogP) is 0.951. The van der Waals surface area contributed by atoms with Gasteiger partial charge in [0, 0.05) is 13.2 Å². The van der Waals surface area contributed by atoms with Gasteiger partial charge in [-0.15, -0.1) is 0 Å². The van der Waals surface area contributed by atoms with Gasteiger partial charge in [-0.1, -0.05) is 11.8 Å². The zero-order valence-electron chi connectivity index (χ0n) is 16.9. The van der Waals surface area contributed by atoms with Gasteiger partial charge in [-0.3, -0.25) is 14.2 Å². The third-order valence-electron chi connectivity index (χ3n) is 4.67. The number of carbonyl (C=O) groups excluding carboxylic acids is 2. The summed E-state index contributed by atoms with van der Waals surface area (Å²) in [4.78, 5) is 41.4. The molecule has 0 radical (unpaired) electrons. The standard InChI is InChI=1S/C20H25N3O6S/c1-12(24)10-23-18(26)15-6-5-13(19(27)28-2)8-16(15)22-20(23)30-11-17(25)21-9-14-4-3-7-29-14/h5-6,8,12,14,24H,3-4,7,9-11H2,1-2H3,(H,21,25)/t12-,14+/m1/s1. The molecule has 162 valence electrons. The number of benzene rings is 1. The van der Waals surface area contributed by atoms with Gasteiger partial charge in [0.2, 0.25) is 5.91 Å². The van der Waals surface area contributed by atoms with Gasteiger partial charge in [0.05, 0.1) is 48.1 Å². The molecule has 0 saturated carbocycles. The molecule has 1 aliphatic heterocycles. The molecule has 3 rings (SSSR count). The Morgan fingerprint density at radius 3 is 2.93 bits per heavy atom. The lowest BCUT2D eigenvalue weighted by atomic mass is 10.1. The van der Waals surface area contributed by atoms with E-state index >= 15 is 0 Å². The van der Waals surface area contributed by atoms with E-state index in [1.165, 1.54) is 29.9 Å². The Bertz CT molecular complexity index is 984. The lowest BCUT2D eigenvalue weighted by Gasteiger charge is -2.15. The maximum absolute atomic E-state index is 12.9. The molecule has 10 heteroatoms. The SMILES string of the molecule is COC(=O)c1ccc2c(=O)n(C[C@@H](C)O)c(SCC(=O)NC[C@@H]3CCCO3)nc2c1. The summed E-state index contributed by atoms with van der Waals surface area (Å²) in [7, 11) is 1.27. The molecular weight excluding hydrogens is 410 g/mol. The number of thioether (sulfide) groups is 1. The molecule has 0 aliphatic carbocycles. The monoisotopic (exact) mass is 435 g/mol. The van der Waals surface area contributed by atoms with E-state index < -0.39 is 12.1 Å². The van der Waals surface area contributed by atoms with Crippen LogP contribution in [0.4, 0.5) is 0 Å². The first-order chi connectivity index (χ1) is 14.4. The van der Waals surface area contributed by atoms with Gasteiger partial charge in [0.15, 0.2) is 5.16 Å². The Labute approximate surface area is 177 Å². The maximum atomic E-state index is 12.9. The van der Waals surface area contributed by atoms with Crippen LogP contribution in [0, 0.1) is 0 Å². The number of aromatic nitrogens is 2. The van der Waals surface area contributed by atoms with Gasteiger partial charge in [-0.05, 0) is 38.0 Å². The molecule has 1 amide bonds. The van der Waals surface area contributed by atoms with Crippen LogP contribution in [0.25, 0.3) is 10.9 Å². The second-order valence-electron chi connectivity index (χ2n) is 7.11. The van der Waals surface area contributed by atoms with Crippen molar-refractivity contribution in [2.75, 3.05) is 26.0 Å². The van der Waals surface area contributed by atoms with E-state index in [2.05, 4.69) is 10.3 Å². The Kier molecular flexibility index (Phi) is 7.46. The summed E-state index contributed by atoms with van der Waals surface area (Å²) in [6, 6.07) is 4.49. The smallest absolute Gasteiger partial charge is 0.337 e. The zero-order valence-corrected chi connectivity index (χ0v) is 17.7. The van der Waals surface area contributed by atoms with E-state index in [0.717, 1.165) is 31.2 Å². The highest BCUT2D eigenvalue weighted by molar-refractivity contribution is 7.99. The van der Waals surface area contributed by atoms with Gasteiger partial charge < -0.3 is 19.9 Å². The van der Waals surface area contributed by atoms with Crippen molar-refractivity contribution in [1.29, 1.82) is 0 Å². The second-order valence-corrected chi connectivity index (χ2v) is 8.05. The highest BCUT2D eigenvalue weighted by Gasteiger charge is 2.18. The first kappa shape index (κ1) is 22.3. The maximum Gasteiger partial charge on any atom is 0.337 e. The molecule has 1 saturated heterocycles. The molecule has 0 bridgehead atoms. The lowest BCUT2D eigenvalue weighted by molar-refractivity contribution is -0.119. The third-order valence-corrected chi connectivity index (χ3v) is 5.65. The van der Waals surface area contributed by atoms with Crippen LogP contribution in [0.5, 0.6) is 0 Å². The summed E-state index contributed by atoms with van der Waals surface area (Å²) in [6.07, 6.45) is 1.19. The number of hydrogen-bond acceptors (Lipinski definition) is 8. The number of amides is 1. The molecule has 2 heterocycles. The fourth-order valence-electron chi connectivity index (χ4n) is 3.20. The number of esters is 1. The molecule has 0 unspecified atom stereocenters. The summed E-state index contributed by atoms with van der Waals surface area (Å²) in [5.74, 6) is -0.674. The Morgan fingerprint density at radius 1 is 1.47 bits per heavy atom. The van der Waals surface area contributed by atoms with E-state index in [0.29, 0.717) is 22.6 Å². The summed E-state index contributed by atoms with van der Waals surface area (Å²) in [6.45, 7) is 2.78. The van der Waals surface area contributed by atoms with Crippen LogP contribution >= 0.6 is 11.8 Å². The Morgan fingerprint density at radius 2 is 2.27 bits per heavy atom. The molecule has 2 aromatic rings. The summed E-state index contributed by atoms with van der Waals surface area (Å²) >= 11 is 1.10. The summed E-state index contributed by atoms with van der Waals surface area (Å²) in [5.41, 5.74) is 0.252. The van der Waals surface area contributed by atoms with Crippen LogP contribution in [0.3, 0.4) is 0 Å². The van der Waals surface area contributed by atoms with Crippen LogP contribution < -0.4 is 10.9 Å². The number of rotatable bonds is 8. The van der Waals surface area contributed by atoms with Crippen molar-refractivity contribution in [3.05, 3.63) is 34.1 Å². The number of carbonyl (C=O) groups is 2. The van der Waals surface area contributed by atoms with Crippen LogP contribution in [0.1, 0.15) is 30.1 Å². The number of hydrogen-bond donors (Lipinski definition) is 2. The van der Waals surface area contributed by atoms with E-state index in [1.807, 2.05) is 0 Å². The van der Waals surface area contributed by atoms with Crippen LogP contribution in [-0.2, 0) is 20.8 Å². The highest BCUT2D eigenvalue weighted by atomic mass is 32.2. The average molecular weight is 436 g/mol. The van der Waals surface area contributed by atoms with Crippen molar-refractivity contribution in [1.82, 2.24) is 14.9 Å². The molecule has 0 spiro atoms. The number of methoxy groups -OCH3 is 1. The predicted molar refractivity (Wildman–Crippen MR) is 112 cm³/mol. The summed E-state index contributed by atoms with van der Waals surface area (Å²) in [5, 5.41) is 13.2. The van der Waals surface area contributed by atoms with Crippen molar-refractivity contribution >= 4 is 34.5 Å². The van der Waals surface area contributed by atoms with E-state index in [-0.39, 0.29) is 35.4 Å². The number of aliphatic hydroxyl groups is 1. The van der Waals surface area contributed by atoms with Gasteiger partial charge in [-0.2, -0.15) is 0 Å². The third kappa shape index (κ3) is 5.38. The molecule has 1 fully saturated rings. The molecule has 1 aliphatic rings. The second kappa shape index (κ2) is 10.1. The van der Waals surface area contributed by atoms with Gasteiger partial charge >= 0.3 is 5.97 Å². The minimum Gasteiger partial charge on any atom is -0.465 e. The average Bonchev–Trinajstić information content (AvgIpc) is 3.25. The molecule has 1 aromatic heterocycles. The summed E-state index contributed by atoms with van der Waals surface area (Å²) < 4.78 is 11.6. The van der Waals surface area contributed by atoms with Crippen molar-refractivity contribution in [3.63, 3.8) is 0 Å². The Hall–Kier alpha value is -2.43. The van der Waals surface area contributed by atoms with Gasteiger partial charge in [0.1, 0.15) is 0 Å². The van der Waals surface area contributed by atoms with Crippen LogP contribution in [0.2, 0.25) is 0 Å². The van der Waals surface area contributed by atoms with E-state index in [1.54, 1.807) is 6.92 Å². The van der Waals surface area contributed by atoms with Crippen molar-refractivity contribution < 1.29 is 24.2 Å². The number of aliphatic hydroxyl groups excluding tert-OH is 1. The fourth-order valence-corrected chi connectivity index (χ4v) is 4.03. The zero-order chi connectivity index (χ0) is 21.7. The fraction of sp³-hybridized carbons (Fsp3) is 0.500. The van der Waals surface area contributed by atoms with Crippen molar-refractivity contribution in [2.45, 2.75) is 43.7 Å². The first-order valence-electron chi connectivity index (χ1n) is 9.71. The number of nitrogens with one attached hydrogen (secondary N) is 1. The first-order valence-corrected chi connectivity index (χ1v) is 10.7. The normalized spacial score (nSPS) is 17.1. The lowest BCUT2D eigenvalue weighted by Crippen LogP contribution is -2.33. The van der Waals surface area contributed by atoms with E-state index in [4.69, 9.17) is 9.47 Å². The minimum atomic E-state index is -0.774. The molecule has 30 heavy (non-hydrogen) atoms. The highest BCUT2D eigenvalue weighted by Crippen LogP contribution is 2.20. The van der Waals surface area contributed by atoms with E-state index in [9.17, 15) is 19.5 Å².